The van der Waals surface area contributed by atoms with Gasteiger partial charge in [-0.2, -0.15) is 5.10 Å². The summed E-state index contributed by atoms with van der Waals surface area (Å²) in [5.41, 5.74) is 2.65. The fourth-order valence-corrected chi connectivity index (χ4v) is 3.82. The molecule has 1 fully saturated rings. The summed E-state index contributed by atoms with van der Waals surface area (Å²) in [6, 6.07) is 9.58. The van der Waals surface area contributed by atoms with E-state index in [4.69, 9.17) is 8.83 Å². The van der Waals surface area contributed by atoms with Crippen molar-refractivity contribution in [1.82, 2.24) is 24.9 Å². The fourth-order valence-electron chi connectivity index (χ4n) is 3.82. The Labute approximate surface area is 177 Å². The van der Waals surface area contributed by atoms with Crippen LogP contribution in [0, 0.1) is 5.82 Å². The van der Waals surface area contributed by atoms with Crippen LogP contribution in [-0.2, 0) is 7.05 Å². The van der Waals surface area contributed by atoms with Crippen molar-refractivity contribution >= 4 is 5.91 Å². The first kappa shape index (κ1) is 19.2. The van der Waals surface area contributed by atoms with Gasteiger partial charge in [0.1, 0.15) is 17.8 Å². The summed E-state index contributed by atoms with van der Waals surface area (Å²) in [4.78, 5) is 14.9. The second-order valence-electron chi connectivity index (χ2n) is 7.57. The van der Waals surface area contributed by atoms with E-state index < -0.39 is 0 Å². The Kier molecular flexibility index (Phi) is 4.85. The standard InChI is InChI=1S/C22H20FN5O3/c1-27-19(12-18(26-27)14-2-4-17(23)5-3-14)22(29)28-9-6-15(7-10-28)20-24-25-21(31-20)16-8-11-30-13-16/h2-5,8,11-13,15H,6-7,9-10H2,1H3. The number of piperidine rings is 1. The summed E-state index contributed by atoms with van der Waals surface area (Å²) < 4.78 is 25.6. The van der Waals surface area contributed by atoms with Gasteiger partial charge in [0.2, 0.25) is 5.89 Å². The number of aryl methyl sites for hydroxylation is 1. The van der Waals surface area contributed by atoms with E-state index in [9.17, 15) is 9.18 Å². The summed E-state index contributed by atoms with van der Waals surface area (Å²) in [5, 5.41) is 12.7. The van der Waals surface area contributed by atoms with E-state index >= 15 is 0 Å². The molecule has 8 nitrogen and oxygen atoms in total. The molecule has 1 saturated heterocycles. The van der Waals surface area contributed by atoms with Gasteiger partial charge in [-0.25, -0.2) is 4.39 Å². The lowest BCUT2D eigenvalue weighted by Crippen LogP contribution is -2.38. The zero-order valence-electron chi connectivity index (χ0n) is 16.9. The Morgan fingerprint density at radius 2 is 1.87 bits per heavy atom. The minimum atomic E-state index is -0.308. The number of likely N-dealkylation sites (tertiary alicyclic amines) is 1. The minimum Gasteiger partial charge on any atom is -0.472 e. The average Bonchev–Trinajstić information content (AvgIpc) is 3.54. The van der Waals surface area contributed by atoms with E-state index in [2.05, 4.69) is 15.3 Å². The van der Waals surface area contributed by atoms with Gasteiger partial charge in [0, 0.05) is 31.6 Å². The minimum absolute atomic E-state index is 0.0774. The van der Waals surface area contributed by atoms with Crippen molar-refractivity contribution in [1.29, 1.82) is 0 Å². The van der Waals surface area contributed by atoms with Crippen molar-refractivity contribution in [2.75, 3.05) is 13.1 Å². The molecule has 0 aliphatic carbocycles. The molecule has 0 saturated carbocycles. The van der Waals surface area contributed by atoms with E-state index in [1.54, 1.807) is 48.5 Å². The number of benzene rings is 1. The monoisotopic (exact) mass is 421 g/mol. The Hall–Kier alpha value is -3.75. The number of carbonyl (C=O) groups is 1. The lowest BCUT2D eigenvalue weighted by Gasteiger charge is -2.30. The number of nitrogens with zero attached hydrogens (tertiary/aromatic N) is 5. The lowest BCUT2D eigenvalue weighted by atomic mass is 9.96. The molecule has 4 aromatic rings. The number of halogens is 1. The largest absolute Gasteiger partial charge is 0.472 e. The number of aromatic nitrogens is 4. The Balaban J connectivity index is 1.26. The number of hydrogen-bond acceptors (Lipinski definition) is 6. The molecule has 9 heteroatoms. The molecular formula is C22H20FN5O3. The Bertz CT molecular complexity index is 1190. The number of rotatable bonds is 4. The quantitative estimate of drug-likeness (QED) is 0.497. The molecule has 4 heterocycles. The highest BCUT2D eigenvalue weighted by atomic mass is 19.1. The van der Waals surface area contributed by atoms with Gasteiger partial charge in [-0.1, -0.05) is 0 Å². The average molecular weight is 421 g/mol. The number of amides is 1. The topological polar surface area (TPSA) is 90.2 Å². The molecule has 3 aromatic heterocycles. The lowest BCUT2D eigenvalue weighted by molar-refractivity contribution is 0.0695. The SMILES string of the molecule is Cn1nc(-c2ccc(F)cc2)cc1C(=O)N1CCC(c2nnc(-c3ccoc3)o2)CC1. The third-order valence-corrected chi connectivity index (χ3v) is 5.58. The van der Waals surface area contributed by atoms with Gasteiger partial charge in [0.15, 0.2) is 0 Å². The first-order valence-corrected chi connectivity index (χ1v) is 10.0. The molecule has 0 bridgehead atoms. The molecule has 0 unspecified atom stereocenters. The highest BCUT2D eigenvalue weighted by Gasteiger charge is 2.29. The maximum Gasteiger partial charge on any atom is 0.272 e. The molecule has 0 spiro atoms. The van der Waals surface area contributed by atoms with Gasteiger partial charge in [-0.15, -0.1) is 10.2 Å². The molecule has 1 aromatic carbocycles. The predicted octanol–water partition coefficient (Wildman–Crippen LogP) is 3.89. The zero-order valence-corrected chi connectivity index (χ0v) is 16.9. The number of carbonyl (C=O) groups excluding carboxylic acids is 1. The fraction of sp³-hybridized carbons (Fsp3) is 0.273. The van der Waals surface area contributed by atoms with Crippen molar-refractivity contribution < 1.29 is 18.0 Å². The maximum absolute atomic E-state index is 13.2. The van der Waals surface area contributed by atoms with Crippen molar-refractivity contribution in [3.8, 4) is 22.7 Å². The van der Waals surface area contributed by atoms with E-state index in [1.807, 2.05) is 4.90 Å². The Morgan fingerprint density at radius 3 is 2.58 bits per heavy atom. The summed E-state index contributed by atoms with van der Waals surface area (Å²) >= 11 is 0. The van der Waals surface area contributed by atoms with Crippen LogP contribution in [0.2, 0.25) is 0 Å². The van der Waals surface area contributed by atoms with Gasteiger partial charge in [-0.05, 0) is 49.2 Å². The van der Waals surface area contributed by atoms with Crippen LogP contribution in [0.1, 0.15) is 35.1 Å². The van der Waals surface area contributed by atoms with Crippen molar-refractivity contribution in [2.24, 2.45) is 7.05 Å². The van der Waals surface area contributed by atoms with Crippen LogP contribution in [0.25, 0.3) is 22.7 Å². The van der Waals surface area contributed by atoms with Crippen LogP contribution in [-0.4, -0.2) is 43.9 Å². The van der Waals surface area contributed by atoms with Crippen molar-refractivity contribution in [3.05, 3.63) is 66.3 Å². The van der Waals surface area contributed by atoms with E-state index in [1.165, 1.54) is 12.1 Å². The zero-order chi connectivity index (χ0) is 21.4. The van der Waals surface area contributed by atoms with Gasteiger partial charge < -0.3 is 13.7 Å². The third kappa shape index (κ3) is 3.74. The molecule has 0 radical (unpaired) electrons. The van der Waals surface area contributed by atoms with Gasteiger partial charge in [0.25, 0.3) is 11.8 Å². The summed E-state index contributed by atoms with van der Waals surface area (Å²) in [6.07, 6.45) is 4.60. The predicted molar refractivity (Wildman–Crippen MR) is 108 cm³/mol. The van der Waals surface area contributed by atoms with Crippen molar-refractivity contribution in [2.45, 2.75) is 18.8 Å². The molecule has 0 N–H and O–H groups in total. The first-order chi connectivity index (χ1) is 15.1. The van der Waals surface area contributed by atoms with Gasteiger partial charge >= 0.3 is 0 Å². The van der Waals surface area contributed by atoms with Gasteiger partial charge in [0.05, 0.1) is 17.5 Å². The molecule has 5 rings (SSSR count). The van der Waals surface area contributed by atoms with Crippen LogP contribution in [0.4, 0.5) is 4.39 Å². The molecule has 31 heavy (non-hydrogen) atoms. The molecule has 1 aliphatic heterocycles. The highest BCUT2D eigenvalue weighted by molar-refractivity contribution is 5.93. The summed E-state index contributed by atoms with van der Waals surface area (Å²) in [6.45, 7) is 1.17. The normalized spacial score (nSPS) is 14.8. The molecule has 1 amide bonds. The summed E-state index contributed by atoms with van der Waals surface area (Å²) in [7, 11) is 1.74. The van der Waals surface area contributed by atoms with Gasteiger partial charge in [-0.3, -0.25) is 9.48 Å². The van der Waals surface area contributed by atoms with E-state index in [-0.39, 0.29) is 17.6 Å². The Morgan fingerprint density at radius 1 is 1.10 bits per heavy atom. The van der Waals surface area contributed by atoms with Crippen LogP contribution in [0.3, 0.4) is 0 Å². The molecule has 158 valence electrons. The maximum atomic E-state index is 13.2. The van der Waals surface area contributed by atoms with Crippen LogP contribution in [0.5, 0.6) is 0 Å². The molecular weight excluding hydrogens is 401 g/mol. The van der Waals surface area contributed by atoms with E-state index in [0.29, 0.717) is 36.3 Å². The second-order valence-corrected chi connectivity index (χ2v) is 7.57. The highest BCUT2D eigenvalue weighted by Crippen LogP contribution is 2.30. The van der Waals surface area contributed by atoms with Crippen LogP contribution < -0.4 is 0 Å². The van der Waals surface area contributed by atoms with E-state index in [0.717, 1.165) is 24.0 Å². The molecule has 1 aliphatic rings. The smallest absolute Gasteiger partial charge is 0.272 e. The van der Waals surface area contributed by atoms with Crippen LogP contribution >= 0.6 is 0 Å². The summed E-state index contributed by atoms with van der Waals surface area (Å²) in [5.74, 6) is 0.745. The molecule has 0 atom stereocenters. The van der Waals surface area contributed by atoms with Crippen molar-refractivity contribution in [3.63, 3.8) is 0 Å². The number of hydrogen-bond donors (Lipinski definition) is 0. The second kappa shape index (κ2) is 7.82. The third-order valence-electron chi connectivity index (χ3n) is 5.58. The number of furan rings is 1. The first-order valence-electron chi connectivity index (χ1n) is 10.0. The van der Waals surface area contributed by atoms with Crippen LogP contribution in [0.15, 0.2) is 57.8 Å².